The molecule has 0 aromatic carbocycles. The fraction of sp³-hybridized carbons (Fsp3) is 0.600. The number of thiazole rings is 1. The average Bonchev–Trinajstić information content (AvgIpc) is 2.90. The predicted octanol–water partition coefficient (Wildman–Crippen LogP) is 1.64. The highest BCUT2D eigenvalue weighted by Gasteiger charge is 2.24. The van der Waals surface area contributed by atoms with E-state index in [2.05, 4.69) is 15.6 Å². The summed E-state index contributed by atoms with van der Waals surface area (Å²) in [5.74, 6) is -1.40. The first-order valence-corrected chi connectivity index (χ1v) is 8.33. The number of carbonyl (C=O) groups excluding carboxylic acids is 2. The van der Waals surface area contributed by atoms with Gasteiger partial charge in [0.25, 0.3) is 0 Å². The Hall–Kier alpha value is -1.96. The molecule has 2 amide bonds. The van der Waals surface area contributed by atoms with Gasteiger partial charge in [-0.2, -0.15) is 0 Å². The van der Waals surface area contributed by atoms with Crippen molar-refractivity contribution in [1.29, 1.82) is 0 Å². The Morgan fingerprint density at radius 2 is 1.91 bits per heavy atom. The average molecular weight is 341 g/mol. The van der Waals surface area contributed by atoms with Gasteiger partial charge in [-0.3, -0.25) is 9.59 Å². The molecule has 1 heterocycles. The van der Waals surface area contributed by atoms with Gasteiger partial charge in [-0.1, -0.05) is 27.7 Å². The summed E-state index contributed by atoms with van der Waals surface area (Å²) in [5, 5.41) is 16.2. The molecule has 1 aromatic rings. The molecular formula is C15H23N3O4S. The van der Waals surface area contributed by atoms with Crippen molar-refractivity contribution in [2.45, 2.75) is 46.7 Å². The number of hydrogen-bond donors (Lipinski definition) is 3. The topological polar surface area (TPSA) is 108 Å². The number of amides is 2. The summed E-state index contributed by atoms with van der Waals surface area (Å²) in [6, 6.07) is -0.625. The molecule has 0 aliphatic rings. The molecule has 0 saturated carbocycles. The van der Waals surface area contributed by atoms with Crippen LogP contribution < -0.4 is 10.6 Å². The van der Waals surface area contributed by atoms with Crippen molar-refractivity contribution in [2.24, 2.45) is 11.8 Å². The van der Waals surface area contributed by atoms with Crippen LogP contribution >= 0.6 is 11.3 Å². The van der Waals surface area contributed by atoms with Crippen molar-refractivity contribution in [3.63, 3.8) is 0 Å². The lowest BCUT2D eigenvalue weighted by Gasteiger charge is -2.22. The summed E-state index contributed by atoms with van der Waals surface area (Å²) in [4.78, 5) is 38.8. The molecule has 128 valence electrons. The third kappa shape index (κ3) is 6.35. The second-order valence-corrected chi connectivity index (χ2v) is 6.98. The van der Waals surface area contributed by atoms with Crippen LogP contribution in [0.25, 0.3) is 0 Å². The number of carboxylic acids is 1. The van der Waals surface area contributed by atoms with E-state index in [4.69, 9.17) is 5.11 Å². The Morgan fingerprint density at radius 1 is 1.26 bits per heavy atom. The lowest BCUT2D eigenvalue weighted by Crippen LogP contribution is -2.49. The van der Waals surface area contributed by atoms with Crippen molar-refractivity contribution < 1.29 is 19.5 Å². The zero-order valence-electron chi connectivity index (χ0n) is 13.8. The maximum Gasteiger partial charge on any atom is 0.355 e. The van der Waals surface area contributed by atoms with Gasteiger partial charge in [0, 0.05) is 11.8 Å². The van der Waals surface area contributed by atoms with Crippen molar-refractivity contribution in [3.05, 3.63) is 16.1 Å². The fourth-order valence-corrected chi connectivity index (χ4v) is 2.61. The van der Waals surface area contributed by atoms with Crippen molar-refractivity contribution in [3.8, 4) is 0 Å². The first-order valence-electron chi connectivity index (χ1n) is 7.45. The Bertz CT molecular complexity index is 569. The molecular weight excluding hydrogens is 318 g/mol. The molecule has 0 saturated heterocycles. The molecule has 0 bridgehead atoms. The summed E-state index contributed by atoms with van der Waals surface area (Å²) in [6.07, 6.45) is 0.366. The van der Waals surface area contributed by atoms with Crippen LogP contribution in [-0.4, -0.2) is 33.9 Å². The minimum atomic E-state index is -1.10. The zero-order valence-corrected chi connectivity index (χ0v) is 14.6. The van der Waals surface area contributed by atoms with Gasteiger partial charge in [-0.25, -0.2) is 9.78 Å². The van der Waals surface area contributed by atoms with Gasteiger partial charge in [0.2, 0.25) is 11.8 Å². The normalized spacial score (nSPS) is 12.3. The Kier molecular flexibility index (Phi) is 7.15. The lowest BCUT2D eigenvalue weighted by molar-refractivity contribution is -0.130. The molecule has 1 rings (SSSR count). The lowest BCUT2D eigenvalue weighted by atomic mass is 10.0. The summed E-state index contributed by atoms with van der Waals surface area (Å²) in [6.45, 7) is 7.72. The largest absolute Gasteiger partial charge is 0.476 e. The number of rotatable bonds is 8. The van der Waals surface area contributed by atoms with E-state index in [-0.39, 0.29) is 35.9 Å². The van der Waals surface area contributed by atoms with E-state index in [1.807, 2.05) is 27.7 Å². The van der Waals surface area contributed by atoms with E-state index < -0.39 is 12.0 Å². The number of aromatic nitrogens is 1. The number of nitrogens with one attached hydrogen (secondary N) is 2. The molecule has 0 aliphatic heterocycles. The van der Waals surface area contributed by atoms with E-state index in [9.17, 15) is 14.4 Å². The third-order valence-corrected chi connectivity index (χ3v) is 3.89. The van der Waals surface area contributed by atoms with Crippen molar-refractivity contribution in [2.75, 3.05) is 0 Å². The first kappa shape index (κ1) is 19.1. The van der Waals surface area contributed by atoms with Crippen LogP contribution in [0.1, 0.15) is 49.6 Å². The molecule has 1 aromatic heterocycles. The number of aromatic carboxylic acids is 1. The van der Waals surface area contributed by atoms with Crippen LogP contribution in [0.3, 0.4) is 0 Å². The molecule has 3 N–H and O–H groups in total. The highest BCUT2D eigenvalue weighted by Crippen LogP contribution is 2.10. The Balaban J connectivity index is 2.60. The fourth-order valence-electron chi connectivity index (χ4n) is 1.90. The van der Waals surface area contributed by atoms with Crippen LogP contribution in [0.2, 0.25) is 0 Å². The number of carboxylic acid groups (broad SMARTS) is 1. The number of hydrogen-bond acceptors (Lipinski definition) is 5. The van der Waals surface area contributed by atoms with Crippen LogP contribution in [0.4, 0.5) is 0 Å². The second-order valence-electron chi connectivity index (χ2n) is 6.04. The first-order chi connectivity index (χ1) is 10.7. The smallest absolute Gasteiger partial charge is 0.355 e. The van der Waals surface area contributed by atoms with E-state index in [0.717, 1.165) is 0 Å². The maximum absolute atomic E-state index is 12.3. The monoisotopic (exact) mass is 341 g/mol. The van der Waals surface area contributed by atoms with E-state index in [0.29, 0.717) is 11.4 Å². The summed E-state index contributed by atoms with van der Waals surface area (Å²) < 4.78 is 0. The van der Waals surface area contributed by atoms with E-state index in [1.54, 1.807) is 0 Å². The van der Waals surface area contributed by atoms with Crippen LogP contribution in [0.15, 0.2) is 5.38 Å². The van der Waals surface area contributed by atoms with Gasteiger partial charge < -0.3 is 15.7 Å². The maximum atomic E-state index is 12.3. The summed E-state index contributed by atoms with van der Waals surface area (Å²) >= 11 is 1.17. The summed E-state index contributed by atoms with van der Waals surface area (Å²) in [5.41, 5.74) is -0.0371. The second kappa shape index (κ2) is 8.61. The van der Waals surface area contributed by atoms with Gasteiger partial charge >= 0.3 is 5.97 Å². The van der Waals surface area contributed by atoms with Gasteiger partial charge in [0.1, 0.15) is 11.0 Å². The third-order valence-electron chi connectivity index (χ3n) is 3.04. The van der Waals surface area contributed by atoms with Crippen molar-refractivity contribution >= 4 is 29.1 Å². The zero-order chi connectivity index (χ0) is 17.6. The van der Waals surface area contributed by atoms with Gasteiger partial charge in [0.15, 0.2) is 5.69 Å². The summed E-state index contributed by atoms with van der Waals surface area (Å²) in [7, 11) is 0. The molecule has 23 heavy (non-hydrogen) atoms. The van der Waals surface area contributed by atoms with Crippen molar-refractivity contribution in [1.82, 2.24) is 15.6 Å². The molecule has 0 radical (unpaired) electrons. The van der Waals surface area contributed by atoms with Crippen LogP contribution in [0, 0.1) is 11.8 Å². The molecule has 1 unspecified atom stereocenters. The van der Waals surface area contributed by atoms with Crippen LogP contribution in [0.5, 0.6) is 0 Å². The molecule has 8 heteroatoms. The standard InChI is InChI=1S/C15H23N3O4S/c1-8(2)5-11(19)18-13(9(3)4)14(20)16-6-12-17-10(7-23-12)15(21)22/h7-9,13H,5-6H2,1-4H3,(H,16,20)(H,18,19)(H,21,22). The van der Waals surface area contributed by atoms with Gasteiger partial charge in [-0.05, 0) is 11.8 Å². The van der Waals surface area contributed by atoms with Crippen LogP contribution in [-0.2, 0) is 16.1 Å². The van der Waals surface area contributed by atoms with E-state index >= 15 is 0 Å². The molecule has 0 spiro atoms. The molecule has 0 fully saturated rings. The quantitative estimate of drug-likeness (QED) is 0.666. The Labute approximate surface area is 139 Å². The van der Waals surface area contributed by atoms with Gasteiger partial charge in [-0.15, -0.1) is 11.3 Å². The minimum absolute atomic E-state index is 0.0371. The highest BCUT2D eigenvalue weighted by molar-refractivity contribution is 7.09. The van der Waals surface area contributed by atoms with E-state index in [1.165, 1.54) is 16.7 Å². The predicted molar refractivity (Wildman–Crippen MR) is 87.1 cm³/mol. The highest BCUT2D eigenvalue weighted by atomic mass is 32.1. The SMILES string of the molecule is CC(C)CC(=O)NC(C(=O)NCc1nc(C(=O)O)cs1)C(C)C. The Morgan fingerprint density at radius 3 is 2.39 bits per heavy atom. The molecule has 7 nitrogen and oxygen atoms in total. The van der Waals surface area contributed by atoms with Gasteiger partial charge in [0.05, 0.1) is 6.54 Å². The number of carbonyl (C=O) groups is 3. The number of nitrogens with zero attached hydrogens (tertiary/aromatic N) is 1. The minimum Gasteiger partial charge on any atom is -0.476 e. The molecule has 0 aliphatic carbocycles. The molecule has 1 atom stereocenters.